The molecule has 108 valence electrons. The summed E-state index contributed by atoms with van der Waals surface area (Å²) in [4.78, 5) is 23.9. The van der Waals surface area contributed by atoms with Gasteiger partial charge in [-0.2, -0.15) is 0 Å². The lowest BCUT2D eigenvalue weighted by Gasteiger charge is -2.06. The van der Waals surface area contributed by atoms with Crippen LogP contribution in [0.15, 0.2) is 42.7 Å². The molecule has 5 heteroatoms. The summed E-state index contributed by atoms with van der Waals surface area (Å²) in [6.45, 7) is 0.171. The van der Waals surface area contributed by atoms with Gasteiger partial charge in [0.2, 0.25) is 5.91 Å². The molecule has 1 N–H and O–H groups in total. The smallest absolute Gasteiger partial charge is 0.244 e. The van der Waals surface area contributed by atoms with E-state index in [2.05, 4.69) is 5.32 Å². The van der Waals surface area contributed by atoms with Crippen molar-refractivity contribution < 1.29 is 9.59 Å². The minimum Gasteiger partial charge on any atom is -0.344 e. The van der Waals surface area contributed by atoms with Crippen molar-refractivity contribution >= 4 is 29.0 Å². The Labute approximate surface area is 127 Å². The zero-order valence-corrected chi connectivity index (χ0v) is 12.1. The number of Topliss-reactive ketones (excluding diaryl/α,β-unsaturated/α-hetero) is 1. The summed E-state index contributed by atoms with van der Waals surface area (Å²) in [6, 6.07) is 8.77. The van der Waals surface area contributed by atoms with E-state index < -0.39 is 0 Å². The highest BCUT2D eigenvalue weighted by Gasteiger charge is 2.30. The fraction of sp³-hybridized carbons (Fsp3) is 0.250. The molecule has 0 radical (unpaired) electrons. The molecule has 0 aliphatic heterocycles. The second-order valence-corrected chi connectivity index (χ2v) is 5.71. The van der Waals surface area contributed by atoms with Gasteiger partial charge in [0.1, 0.15) is 6.54 Å². The Morgan fingerprint density at radius 2 is 2.10 bits per heavy atom. The van der Waals surface area contributed by atoms with E-state index in [1.54, 1.807) is 47.3 Å². The molecular weight excluding hydrogens is 288 g/mol. The van der Waals surface area contributed by atoms with E-state index in [1.165, 1.54) is 0 Å². The van der Waals surface area contributed by atoms with Crippen LogP contribution in [0.1, 0.15) is 23.2 Å². The standard InChI is InChI=1S/C16H15ClN2O2/c17-13-2-1-3-14(8-13)18-15(20)10-19-7-6-12(9-19)16(21)11-4-5-11/h1-3,6-9,11H,4-5,10H2,(H,18,20). The SMILES string of the molecule is O=C(Cn1ccc(C(=O)C2CC2)c1)Nc1cccc(Cl)c1. The van der Waals surface area contributed by atoms with Crippen molar-refractivity contribution in [2.45, 2.75) is 19.4 Å². The first kappa shape index (κ1) is 13.9. The van der Waals surface area contributed by atoms with Crippen molar-refractivity contribution in [1.82, 2.24) is 4.57 Å². The minimum absolute atomic E-state index is 0.154. The van der Waals surface area contributed by atoms with Gasteiger partial charge in [0.05, 0.1) is 0 Å². The summed E-state index contributed by atoms with van der Waals surface area (Å²) in [6.07, 6.45) is 5.46. The number of benzene rings is 1. The molecule has 1 heterocycles. The Hall–Kier alpha value is -2.07. The van der Waals surface area contributed by atoms with Crippen molar-refractivity contribution in [3.63, 3.8) is 0 Å². The maximum absolute atomic E-state index is 12.0. The Morgan fingerprint density at radius 1 is 1.29 bits per heavy atom. The van der Waals surface area contributed by atoms with Gasteiger partial charge in [0, 0.05) is 34.6 Å². The molecule has 2 aromatic rings. The molecule has 0 atom stereocenters. The maximum atomic E-state index is 12.0. The molecule has 1 aliphatic carbocycles. The first-order valence-corrected chi connectivity index (χ1v) is 7.25. The average molecular weight is 303 g/mol. The molecule has 1 aliphatic rings. The summed E-state index contributed by atoms with van der Waals surface area (Å²) in [5, 5.41) is 3.35. The number of hydrogen-bond acceptors (Lipinski definition) is 2. The van der Waals surface area contributed by atoms with Gasteiger partial charge in [0.25, 0.3) is 0 Å². The Balaban J connectivity index is 1.61. The average Bonchev–Trinajstić information content (AvgIpc) is 3.18. The van der Waals surface area contributed by atoms with E-state index >= 15 is 0 Å². The lowest BCUT2D eigenvalue weighted by molar-refractivity contribution is -0.116. The fourth-order valence-electron chi connectivity index (χ4n) is 2.20. The van der Waals surface area contributed by atoms with Gasteiger partial charge in [-0.25, -0.2) is 0 Å². The molecular formula is C16H15ClN2O2. The third kappa shape index (κ3) is 3.52. The lowest BCUT2D eigenvalue weighted by atomic mass is 10.1. The summed E-state index contributed by atoms with van der Waals surface area (Å²) < 4.78 is 1.72. The normalized spacial score (nSPS) is 14.0. The molecule has 0 saturated heterocycles. The maximum Gasteiger partial charge on any atom is 0.244 e. The van der Waals surface area contributed by atoms with E-state index in [0.717, 1.165) is 12.8 Å². The number of anilines is 1. The second kappa shape index (κ2) is 5.74. The first-order valence-electron chi connectivity index (χ1n) is 6.87. The Bertz CT molecular complexity index is 689. The van der Waals surface area contributed by atoms with Gasteiger partial charge in [-0.15, -0.1) is 0 Å². The number of amides is 1. The van der Waals surface area contributed by atoms with Gasteiger partial charge in [-0.05, 0) is 37.1 Å². The van der Waals surface area contributed by atoms with Crippen molar-refractivity contribution in [1.29, 1.82) is 0 Å². The molecule has 4 nitrogen and oxygen atoms in total. The van der Waals surface area contributed by atoms with Crippen LogP contribution in [-0.4, -0.2) is 16.3 Å². The van der Waals surface area contributed by atoms with Gasteiger partial charge < -0.3 is 9.88 Å². The number of carbonyl (C=O) groups is 2. The monoisotopic (exact) mass is 302 g/mol. The number of rotatable bonds is 5. The van der Waals surface area contributed by atoms with E-state index in [0.29, 0.717) is 16.3 Å². The highest BCUT2D eigenvalue weighted by molar-refractivity contribution is 6.30. The molecule has 3 rings (SSSR count). The summed E-state index contributed by atoms with van der Waals surface area (Å²) in [7, 11) is 0. The molecule has 1 aromatic heterocycles. The van der Waals surface area contributed by atoms with Crippen LogP contribution in [-0.2, 0) is 11.3 Å². The predicted molar refractivity (Wildman–Crippen MR) is 81.6 cm³/mol. The highest BCUT2D eigenvalue weighted by Crippen LogP contribution is 2.32. The molecule has 1 amide bonds. The van der Waals surface area contributed by atoms with E-state index in [1.807, 2.05) is 0 Å². The topological polar surface area (TPSA) is 51.1 Å². The molecule has 0 spiro atoms. The first-order chi connectivity index (χ1) is 10.1. The Kier molecular flexibility index (Phi) is 3.80. The van der Waals surface area contributed by atoms with E-state index in [9.17, 15) is 9.59 Å². The van der Waals surface area contributed by atoms with Crippen molar-refractivity contribution in [2.75, 3.05) is 5.32 Å². The van der Waals surface area contributed by atoms with Gasteiger partial charge >= 0.3 is 0 Å². The van der Waals surface area contributed by atoms with Crippen LogP contribution in [0.2, 0.25) is 5.02 Å². The molecule has 1 aromatic carbocycles. The van der Waals surface area contributed by atoms with Crippen LogP contribution in [0.3, 0.4) is 0 Å². The predicted octanol–water partition coefficient (Wildman–Crippen LogP) is 3.37. The summed E-state index contributed by atoms with van der Waals surface area (Å²) in [5.74, 6) is 0.225. The molecule has 0 unspecified atom stereocenters. The molecule has 21 heavy (non-hydrogen) atoms. The van der Waals surface area contributed by atoms with Gasteiger partial charge in [-0.1, -0.05) is 17.7 Å². The molecule has 1 saturated carbocycles. The third-order valence-electron chi connectivity index (χ3n) is 3.42. The third-order valence-corrected chi connectivity index (χ3v) is 3.65. The zero-order chi connectivity index (χ0) is 14.8. The van der Waals surface area contributed by atoms with Crippen molar-refractivity contribution in [2.24, 2.45) is 5.92 Å². The van der Waals surface area contributed by atoms with Crippen LogP contribution >= 0.6 is 11.6 Å². The van der Waals surface area contributed by atoms with Crippen LogP contribution in [0, 0.1) is 5.92 Å². The summed E-state index contributed by atoms with van der Waals surface area (Å²) in [5.41, 5.74) is 1.35. The van der Waals surface area contributed by atoms with Crippen LogP contribution < -0.4 is 5.32 Å². The quantitative estimate of drug-likeness (QED) is 0.861. The van der Waals surface area contributed by atoms with Crippen LogP contribution in [0.5, 0.6) is 0 Å². The van der Waals surface area contributed by atoms with Crippen LogP contribution in [0.25, 0.3) is 0 Å². The number of nitrogens with one attached hydrogen (secondary N) is 1. The van der Waals surface area contributed by atoms with Gasteiger partial charge in [0.15, 0.2) is 5.78 Å². The number of hydrogen-bond donors (Lipinski definition) is 1. The number of ketones is 1. The summed E-state index contributed by atoms with van der Waals surface area (Å²) >= 11 is 5.87. The van der Waals surface area contributed by atoms with Gasteiger partial charge in [-0.3, -0.25) is 9.59 Å². The highest BCUT2D eigenvalue weighted by atomic mass is 35.5. The number of nitrogens with zero attached hydrogens (tertiary/aromatic N) is 1. The van der Waals surface area contributed by atoms with E-state index in [-0.39, 0.29) is 24.2 Å². The number of aromatic nitrogens is 1. The Morgan fingerprint density at radius 3 is 2.81 bits per heavy atom. The van der Waals surface area contributed by atoms with Crippen molar-refractivity contribution in [3.8, 4) is 0 Å². The second-order valence-electron chi connectivity index (χ2n) is 5.27. The minimum atomic E-state index is -0.154. The number of halogens is 1. The van der Waals surface area contributed by atoms with Crippen LogP contribution in [0.4, 0.5) is 5.69 Å². The molecule has 0 bridgehead atoms. The fourth-order valence-corrected chi connectivity index (χ4v) is 2.39. The van der Waals surface area contributed by atoms with E-state index in [4.69, 9.17) is 11.6 Å². The zero-order valence-electron chi connectivity index (χ0n) is 11.4. The largest absolute Gasteiger partial charge is 0.344 e. The lowest BCUT2D eigenvalue weighted by Crippen LogP contribution is -2.17. The van der Waals surface area contributed by atoms with Crippen molar-refractivity contribution in [3.05, 3.63) is 53.3 Å². The number of carbonyl (C=O) groups excluding carboxylic acids is 2. The molecule has 1 fully saturated rings.